The molecule has 0 fully saturated rings. The van der Waals surface area contributed by atoms with E-state index in [0.29, 0.717) is 16.5 Å². The van der Waals surface area contributed by atoms with E-state index in [1.807, 2.05) is 0 Å². The Bertz CT molecular complexity index is 607. The van der Waals surface area contributed by atoms with Crippen molar-refractivity contribution in [3.63, 3.8) is 0 Å². The van der Waals surface area contributed by atoms with Crippen molar-refractivity contribution in [3.8, 4) is 0 Å². The average Bonchev–Trinajstić information content (AvgIpc) is 2.22. The fourth-order valence-corrected chi connectivity index (χ4v) is 1.58. The number of nitrogens with zero attached hydrogens (tertiary/aromatic N) is 3. The molecule has 0 aliphatic carbocycles. The van der Waals surface area contributed by atoms with Crippen LogP contribution in [0.4, 0.5) is 8.78 Å². The minimum atomic E-state index is -2.65. The van der Waals surface area contributed by atoms with E-state index in [1.54, 1.807) is 0 Å². The van der Waals surface area contributed by atoms with Crippen molar-refractivity contribution in [1.29, 1.82) is 0 Å². The van der Waals surface area contributed by atoms with Gasteiger partial charge in [-0.25, -0.2) is 13.5 Å². The Hall–Kier alpha value is -1.85. The van der Waals surface area contributed by atoms with Gasteiger partial charge in [0.25, 0.3) is 12.0 Å². The lowest BCUT2D eigenvalue weighted by molar-refractivity contribution is 0.146. The maximum absolute atomic E-state index is 12.5. The lowest BCUT2D eigenvalue weighted by atomic mass is 10.1. The normalized spacial score (nSPS) is 11.3. The third kappa shape index (κ3) is 1.56. The first kappa shape index (κ1) is 10.7. The van der Waals surface area contributed by atoms with Crippen molar-refractivity contribution in [2.75, 3.05) is 0 Å². The van der Waals surface area contributed by atoms with Gasteiger partial charge in [-0.15, -0.1) is 0 Å². The van der Waals surface area contributed by atoms with E-state index >= 15 is 0 Å². The summed E-state index contributed by atoms with van der Waals surface area (Å²) < 4.78 is 26.1. The standard InChI is InChI=1S/C10H9F2N3O/c1-5-8-6(3-7(14-5)9(11)12)4-13-15(2)10(8)16/h3-4,9H,1-2H3. The van der Waals surface area contributed by atoms with Crippen molar-refractivity contribution in [2.24, 2.45) is 7.05 Å². The molecule has 0 aliphatic heterocycles. The van der Waals surface area contributed by atoms with Crippen LogP contribution in [0.2, 0.25) is 0 Å². The molecule has 16 heavy (non-hydrogen) atoms. The molecular weight excluding hydrogens is 216 g/mol. The Morgan fingerprint density at radius 1 is 1.44 bits per heavy atom. The zero-order chi connectivity index (χ0) is 11.9. The Morgan fingerprint density at radius 3 is 2.75 bits per heavy atom. The molecule has 0 saturated carbocycles. The summed E-state index contributed by atoms with van der Waals surface area (Å²) in [6, 6.07) is 1.20. The van der Waals surface area contributed by atoms with Gasteiger partial charge in [-0.1, -0.05) is 0 Å². The van der Waals surface area contributed by atoms with Crippen molar-refractivity contribution in [3.05, 3.63) is 34.0 Å². The number of aryl methyl sites for hydroxylation is 2. The third-order valence-electron chi connectivity index (χ3n) is 2.35. The molecular formula is C10H9F2N3O. The van der Waals surface area contributed by atoms with Crippen LogP contribution in [0.3, 0.4) is 0 Å². The predicted octanol–water partition coefficient (Wildman–Crippen LogP) is 1.57. The van der Waals surface area contributed by atoms with Crippen molar-refractivity contribution < 1.29 is 8.78 Å². The van der Waals surface area contributed by atoms with Gasteiger partial charge >= 0.3 is 0 Å². The van der Waals surface area contributed by atoms with Gasteiger partial charge in [-0.3, -0.25) is 9.78 Å². The van der Waals surface area contributed by atoms with Crippen LogP contribution in [0.15, 0.2) is 17.1 Å². The van der Waals surface area contributed by atoms with E-state index in [9.17, 15) is 13.6 Å². The van der Waals surface area contributed by atoms with Crippen molar-refractivity contribution in [1.82, 2.24) is 14.8 Å². The second-order valence-corrected chi connectivity index (χ2v) is 3.47. The highest BCUT2D eigenvalue weighted by Gasteiger charge is 2.13. The third-order valence-corrected chi connectivity index (χ3v) is 2.35. The zero-order valence-electron chi connectivity index (χ0n) is 8.74. The Kier molecular flexibility index (Phi) is 2.41. The van der Waals surface area contributed by atoms with E-state index in [2.05, 4.69) is 10.1 Å². The van der Waals surface area contributed by atoms with Crippen LogP contribution >= 0.6 is 0 Å². The van der Waals surface area contributed by atoms with Crippen molar-refractivity contribution >= 4 is 10.8 Å². The second-order valence-electron chi connectivity index (χ2n) is 3.47. The topological polar surface area (TPSA) is 47.8 Å². The monoisotopic (exact) mass is 225 g/mol. The molecule has 0 radical (unpaired) electrons. The molecule has 0 atom stereocenters. The second kappa shape index (κ2) is 3.62. The maximum atomic E-state index is 12.5. The molecule has 0 unspecified atom stereocenters. The van der Waals surface area contributed by atoms with Crippen LogP contribution in [0.1, 0.15) is 17.8 Å². The highest BCUT2D eigenvalue weighted by molar-refractivity contribution is 5.82. The number of hydrogen-bond acceptors (Lipinski definition) is 3. The van der Waals surface area contributed by atoms with Gasteiger partial charge < -0.3 is 0 Å². The van der Waals surface area contributed by atoms with Crippen LogP contribution < -0.4 is 5.56 Å². The summed E-state index contributed by atoms with van der Waals surface area (Å²) in [5.74, 6) is 0. The Balaban J connectivity index is 2.87. The van der Waals surface area contributed by atoms with Crippen LogP contribution in [-0.4, -0.2) is 14.8 Å². The summed E-state index contributed by atoms with van der Waals surface area (Å²) in [4.78, 5) is 15.4. The molecule has 0 saturated heterocycles. The number of aromatic nitrogens is 3. The molecule has 2 aromatic heterocycles. The Labute approximate surface area is 89.5 Å². The number of pyridine rings is 1. The number of halogens is 2. The highest BCUT2D eigenvalue weighted by atomic mass is 19.3. The summed E-state index contributed by atoms with van der Waals surface area (Å²) >= 11 is 0. The van der Waals surface area contributed by atoms with Gasteiger partial charge in [0.05, 0.1) is 17.3 Å². The van der Waals surface area contributed by atoms with Gasteiger partial charge in [-0.05, 0) is 13.0 Å². The molecule has 0 bridgehead atoms. The minimum absolute atomic E-state index is 0.302. The smallest absolute Gasteiger partial charge is 0.267 e. The summed E-state index contributed by atoms with van der Waals surface area (Å²) in [6.07, 6.45) is -1.26. The lowest BCUT2D eigenvalue weighted by Crippen LogP contribution is -2.20. The number of fused-ring (bicyclic) bond motifs is 1. The summed E-state index contributed by atoms with van der Waals surface area (Å²) in [5, 5.41) is 4.51. The quantitative estimate of drug-likeness (QED) is 0.740. The molecule has 2 rings (SSSR count). The van der Waals surface area contributed by atoms with E-state index in [0.717, 1.165) is 4.68 Å². The molecule has 2 aromatic rings. The molecule has 6 heteroatoms. The summed E-state index contributed by atoms with van der Waals surface area (Å²) in [5.41, 5.74) is -0.362. The molecule has 0 spiro atoms. The predicted molar refractivity (Wildman–Crippen MR) is 54.5 cm³/mol. The first-order valence-corrected chi connectivity index (χ1v) is 4.62. The van der Waals surface area contributed by atoms with Gasteiger partial charge in [0.1, 0.15) is 5.69 Å². The highest BCUT2D eigenvalue weighted by Crippen LogP contribution is 2.21. The first-order chi connectivity index (χ1) is 7.50. The molecule has 4 nitrogen and oxygen atoms in total. The lowest BCUT2D eigenvalue weighted by Gasteiger charge is -2.05. The zero-order valence-corrected chi connectivity index (χ0v) is 8.74. The molecule has 0 aromatic carbocycles. The van der Waals surface area contributed by atoms with Gasteiger partial charge in [0.2, 0.25) is 0 Å². The van der Waals surface area contributed by atoms with Crippen LogP contribution in [0.5, 0.6) is 0 Å². The number of hydrogen-bond donors (Lipinski definition) is 0. The largest absolute Gasteiger partial charge is 0.280 e. The minimum Gasteiger partial charge on any atom is -0.267 e. The molecule has 0 aliphatic rings. The van der Waals surface area contributed by atoms with Gasteiger partial charge in [-0.2, -0.15) is 5.10 Å². The summed E-state index contributed by atoms with van der Waals surface area (Å²) in [7, 11) is 1.50. The van der Waals surface area contributed by atoms with Crippen LogP contribution in [-0.2, 0) is 7.05 Å². The number of alkyl halides is 2. The average molecular weight is 225 g/mol. The van der Waals surface area contributed by atoms with E-state index < -0.39 is 6.43 Å². The molecule has 0 N–H and O–H groups in total. The van der Waals surface area contributed by atoms with Crippen LogP contribution in [0.25, 0.3) is 10.8 Å². The van der Waals surface area contributed by atoms with Gasteiger partial charge in [0, 0.05) is 12.4 Å². The van der Waals surface area contributed by atoms with E-state index in [1.165, 1.54) is 26.2 Å². The fourth-order valence-electron chi connectivity index (χ4n) is 1.58. The van der Waals surface area contributed by atoms with Gasteiger partial charge in [0.15, 0.2) is 0 Å². The molecule has 0 amide bonds. The molecule has 84 valence electrons. The van der Waals surface area contributed by atoms with Crippen LogP contribution in [0, 0.1) is 6.92 Å². The Morgan fingerprint density at radius 2 is 2.12 bits per heavy atom. The van der Waals surface area contributed by atoms with E-state index in [4.69, 9.17) is 0 Å². The number of rotatable bonds is 1. The van der Waals surface area contributed by atoms with E-state index in [-0.39, 0.29) is 11.3 Å². The fraction of sp³-hybridized carbons (Fsp3) is 0.300. The maximum Gasteiger partial charge on any atom is 0.280 e. The SMILES string of the molecule is Cc1nc(C(F)F)cc2cnn(C)c(=O)c12. The van der Waals surface area contributed by atoms with Crippen molar-refractivity contribution in [2.45, 2.75) is 13.3 Å². The summed E-state index contributed by atoms with van der Waals surface area (Å²) in [6.45, 7) is 1.54. The first-order valence-electron chi connectivity index (χ1n) is 4.62. The molecule has 2 heterocycles.